The highest BCUT2D eigenvalue weighted by Crippen LogP contribution is 2.44. The first-order chi connectivity index (χ1) is 19.8. The molecule has 0 fully saturated rings. The Morgan fingerprint density at radius 3 is 2.00 bits per heavy atom. The molecule has 8 aromatic rings. The molecule has 188 valence electrons. The van der Waals surface area contributed by atoms with Gasteiger partial charge in [-0.15, -0.1) is 11.3 Å². The van der Waals surface area contributed by atoms with Gasteiger partial charge in [0, 0.05) is 37.1 Å². The van der Waals surface area contributed by atoms with Crippen LogP contribution in [0.4, 0.5) is 17.1 Å². The molecule has 0 aliphatic carbocycles. The Bertz CT molecular complexity index is 2170. The van der Waals surface area contributed by atoms with Gasteiger partial charge in [0.15, 0.2) is 0 Å². The number of para-hydroxylation sites is 1. The van der Waals surface area contributed by atoms with E-state index in [0.29, 0.717) is 0 Å². The Labute approximate surface area is 237 Å². The minimum absolute atomic E-state index is 1.14. The Morgan fingerprint density at radius 2 is 1.10 bits per heavy atom. The van der Waals surface area contributed by atoms with E-state index in [2.05, 4.69) is 157 Å². The standard InChI is InChI=1S/C38H25NS/c1-2-11-27(12-3-1)32-14-6-8-16-35(32)39(30-20-18-26-10-4-5-13-28(26)24-30)31-21-22-33-29(25-31)19-23-37-38(33)34-15-7-9-17-36(34)40-37/h1-25H. The lowest BCUT2D eigenvalue weighted by molar-refractivity contribution is 1.29. The number of anilines is 3. The molecule has 0 saturated carbocycles. The monoisotopic (exact) mass is 527 g/mol. The predicted molar refractivity (Wildman–Crippen MR) is 174 cm³/mol. The van der Waals surface area contributed by atoms with Crippen LogP contribution in [0.15, 0.2) is 152 Å². The van der Waals surface area contributed by atoms with Crippen LogP contribution < -0.4 is 4.90 Å². The maximum Gasteiger partial charge on any atom is 0.0540 e. The molecule has 0 aliphatic rings. The van der Waals surface area contributed by atoms with Crippen molar-refractivity contribution in [2.24, 2.45) is 0 Å². The molecule has 40 heavy (non-hydrogen) atoms. The van der Waals surface area contributed by atoms with Gasteiger partial charge < -0.3 is 4.90 Å². The van der Waals surface area contributed by atoms with Crippen molar-refractivity contribution in [3.05, 3.63) is 152 Å². The highest BCUT2D eigenvalue weighted by Gasteiger charge is 2.18. The number of fused-ring (bicyclic) bond motifs is 6. The molecule has 0 spiro atoms. The average Bonchev–Trinajstić information content (AvgIpc) is 3.41. The summed E-state index contributed by atoms with van der Waals surface area (Å²) in [4.78, 5) is 2.41. The molecule has 0 saturated heterocycles. The quantitative estimate of drug-likeness (QED) is 0.220. The van der Waals surface area contributed by atoms with Crippen molar-refractivity contribution in [2.75, 3.05) is 4.90 Å². The molecule has 0 atom stereocenters. The van der Waals surface area contributed by atoms with Crippen LogP contribution in [0.5, 0.6) is 0 Å². The van der Waals surface area contributed by atoms with Crippen LogP contribution in [0.1, 0.15) is 0 Å². The number of hydrogen-bond donors (Lipinski definition) is 0. The van der Waals surface area contributed by atoms with E-state index in [1.165, 1.54) is 52.8 Å². The van der Waals surface area contributed by atoms with Gasteiger partial charge in [-0.3, -0.25) is 0 Å². The summed E-state index contributed by atoms with van der Waals surface area (Å²) in [6, 6.07) is 55.0. The first-order valence-electron chi connectivity index (χ1n) is 13.6. The van der Waals surface area contributed by atoms with E-state index >= 15 is 0 Å². The molecule has 0 aliphatic heterocycles. The largest absolute Gasteiger partial charge is 0.310 e. The van der Waals surface area contributed by atoms with Gasteiger partial charge in [0.2, 0.25) is 0 Å². The van der Waals surface area contributed by atoms with Crippen molar-refractivity contribution in [3.63, 3.8) is 0 Å². The first-order valence-corrected chi connectivity index (χ1v) is 14.4. The molecule has 7 aromatic carbocycles. The third kappa shape index (κ3) is 3.77. The van der Waals surface area contributed by atoms with Gasteiger partial charge in [0.1, 0.15) is 0 Å². The van der Waals surface area contributed by atoms with Crippen LogP contribution in [0.25, 0.3) is 52.8 Å². The Balaban J connectivity index is 1.38. The zero-order valence-electron chi connectivity index (χ0n) is 21.8. The maximum atomic E-state index is 2.41. The molecular formula is C38H25NS. The summed E-state index contributed by atoms with van der Waals surface area (Å²) in [5.41, 5.74) is 5.85. The van der Waals surface area contributed by atoms with E-state index < -0.39 is 0 Å². The molecular weight excluding hydrogens is 502 g/mol. The van der Waals surface area contributed by atoms with Gasteiger partial charge in [0.25, 0.3) is 0 Å². The van der Waals surface area contributed by atoms with Gasteiger partial charge in [0.05, 0.1) is 5.69 Å². The van der Waals surface area contributed by atoms with Crippen molar-refractivity contribution in [2.45, 2.75) is 0 Å². The molecule has 0 radical (unpaired) electrons. The normalized spacial score (nSPS) is 11.5. The lowest BCUT2D eigenvalue weighted by Gasteiger charge is -2.28. The highest BCUT2D eigenvalue weighted by molar-refractivity contribution is 7.26. The molecule has 2 heteroatoms. The summed E-state index contributed by atoms with van der Waals surface area (Å²) in [5, 5.41) is 7.71. The van der Waals surface area contributed by atoms with Crippen molar-refractivity contribution < 1.29 is 0 Å². The van der Waals surface area contributed by atoms with Crippen LogP contribution >= 0.6 is 11.3 Å². The van der Waals surface area contributed by atoms with Crippen molar-refractivity contribution in [1.82, 2.24) is 0 Å². The van der Waals surface area contributed by atoms with Crippen LogP contribution in [0, 0.1) is 0 Å². The zero-order chi connectivity index (χ0) is 26.5. The molecule has 1 aromatic heterocycles. The summed E-state index contributed by atoms with van der Waals surface area (Å²) in [7, 11) is 0. The Hall–Kier alpha value is -4.92. The van der Waals surface area contributed by atoms with E-state index in [1.807, 2.05) is 11.3 Å². The topological polar surface area (TPSA) is 3.24 Å². The van der Waals surface area contributed by atoms with E-state index in [0.717, 1.165) is 17.1 Å². The summed E-state index contributed by atoms with van der Waals surface area (Å²) in [6.07, 6.45) is 0. The van der Waals surface area contributed by atoms with E-state index in [-0.39, 0.29) is 0 Å². The second-order valence-corrected chi connectivity index (χ2v) is 11.3. The average molecular weight is 528 g/mol. The number of hydrogen-bond acceptors (Lipinski definition) is 2. The van der Waals surface area contributed by atoms with Crippen molar-refractivity contribution in [3.8, 4) is 11.1 Å². The summed E-state index contributed by atoms with van der Waals surface area (Å²) < 4.78 is 2.67. The predicted octanol–water partition coefficient (Wildman–Crippen LogP) is 11.5. The van der Waals surface area contributed by atoms with Crippen LogP contribution in [0.2, 0.25) is 0 Å². The lowest BCUT2D eigenvalue weighted by Crippen LogP contribution is -2.11. The first kappa shape index (κ1) is 23.0. The molecule has 0 amide bonds. The minimum Gasteiger partial charge on any atom is -0.310 e. The number of rotatable bonds is 4. The number of benzene rings is 7. The second kappa shape index (κ2) is 9.37. The lowest BCUT2D eigenvalue weighted by atomic mass is 10.00. The zero-order valence-corrected chi connectivity index (χ0v) is 22.6. The molecule has 0 N–H and O–H groups in total. The maximum absolute atomic E-state index is 2.41. The fraction of sp³-hybridized carbons (Fsp3) is 0. The summed E-state index contributed by atoms with van der Waals surface area (Å²) in [5.74, 6) is 0. The molecule has 1 nitrogen and oxygen atoms in total. The van der Waals surface area contributed by atoms with Crippen molar-refractivity contribution >= 4 is 70.1 Å². The fourth-order valence-corrected chi connectivity index (χ4v) is 7.07. The molecule has 8 rings (SSSR count). The van der Waals surface area contributed by atoms with E-state index in [9.17, 15) is 0 Å². The number of thiophene rings is 1. The van der Waals surface area contributed by atoms with Crippen LogP contribution in [0.3, 0.4) is 0 Å². The van der Waals surface area contributed by atoms with Crippen LogP contribution in [-0.4, -0.2) is 0 Å². The van der Waals surface area contributed by atoms with Crippen LogP contribution in [-0.2, 0) is 0 Å². The summed E-state index contributed by atoms with van der Waals surface area (Å²) >= 11 is 1.87. The summed E-state index contributed by atoms with van der Waals surface area (Å²) in [6.45, 7) is 0. The van der Waals surface area contributed by atoms with E-state index in [1.54, 1.807) is 0 Å². The second-order valence-electron chi connectivity index (χ2n) is 10.2. The van der Waals surface area contributed by atoms with Gasteiger partial charge in [-0.2, -0.15) is 0 Å². The SMILES string of the molecule is c1ccc(-c2ccccc2N(c2ccc3ccccc3c2)c2ccc3c(ccc4sc5ccccc5c43)c2)cc1. The molecule has 1 heterocycles. The number of nitrogens with zero attached hydrogens (tertiary/aromatic N) is 1. The highest BCUT2D eigenvalue weighted by atomic mass is 32.1. The minimum atomic E-state index is 1.14. The van der Waals surface area contributed by atoms with E-state index in [4.69, 9.17) is 0 Å². The Morgan fingerprint density at radius 1 is 0.425 bits per heavy atom. The van der Waals surface area contributed by atoms with Gasteiger partial charge in [-0.05, 0) is 69.6 Å². The van der Waals surface area contributed by atoms with Gasteiger partial charge >= 0.3 is 0 Å². The smallest absolute Gasteiger partial charge is 0.0540 e. The molecule has 0 unspecified atom stereocenters. The van der Waals surface area contributed by atoms with Gasteiger partial charge in [-0.1, -0.05) is 109 Å². The Kier molecular flexibility index (Phi) is 5.39. The third-order valence-corrected chi connectivity index (χ3v) is 8.96. The van der Waals surface area contributed by atoms with Crippen molar-refractivity contribution in [1.29, 1.82) is 0 Å². The van der Waals surface area contributed by atoms with Gasteiger partial charge in [-0.25, -0.2) is 0 Å². The third-order valence-electron chi connectivity index (χ3n) is 7.82. The molecule has 0 bridgehead atoms. The fourth-order valence-electron chi connectivity index (χ4n) is 5.95.